The Labute approximate surface area is 94.2 Å². The SMILES string of the molecule is CC(C)NCC(C)(C)CCSC(F)(F)F. The molecule has 0 aromatic heterocycles. The highest BCUT2D eigenvalue weighted by Gasteiger charge is 2.29. The van der Waals surface area contributed by atoms with Crippen LogP contribution in [0.3, 0.4) is 0 Å². The van der Waals surface area contributed by atoms with Crippen LogP contribution in [0.4, 0.5) is 13.2 Å². The Morgan fingerprint density at radius 2 is 1.73 bits per heavy atom. The van der Waals surface area contributed by atoms with E-state index in [0.29, 0.717) is 12.5 Å². The quantitative estimate of drug-likeness (QED) is 0.764. The van der Waals surface area contributed by atoms with Crippen molar-refractivity contribution < 1.29 is 13.2 Å². The fourth-order valence-corrected chi connectivity index (χ4v) is 1.90. The molecule has 0 aliphatic rings. The predicted molar refractivity (Wildman–Crippen MR) is 60.0 cm³/mol. The molecule has 0 radical (unpaired) electrons. The zero-order valence-corrected chi connectivity index (χ0v) is 10.6. The fourth-order valence-electron chi connectivity index (χ4n) is 1.01. The van der Waals surface area contributed by atoms with Crippen molar-refractivity contribution in [1.82, 2.24) is 5.32 Å². The molecule has 0 rings (SSSR count). The lowest BCUT2D eigenvalue weighted by Crippen LogP contribution is -2.34. The highest BCUT2D eigenvalue weighted by molar-refractivity contribution is 8.00. The predicted octanol–water partition coefficient (Wildman–Crippen LogP) is 3.65. The number of rotatable bonds is 6. The van der Waals surface area contributed by atoms with Crippen LogP contribution in [0.5, 0.6) is 0 Å². The van der Waals surface area contributed by atoms with Gasteiger partial charge in [-0.3, -0.25) is 0 Å². The van der Waals surface area contributed by atoms with Gasteiger partial charge in [-0.25, -0.2) is 0 Å². The maximum atomic E-state index is 11.9. The Balaban J connectivity index is 3.74. The lowest BCUT2D eigenvalue weighted by atomic mass is 9.90. The molecule has 0 unspecified atom stereocenters. The van der Waals surface area contributed by atoms with Gasteiger partial charge in [0.1, 0.15) is 0 Å². The monoisotopic (exact) mass is 243 g/mol. The van der Waals surface area contributed by atoms with Crippen LogP contribution in [0.25, 0.3) is 0 Å². The molecule has 0 aliphatic heterocycles. The summed E-state index contributed by atoms with van der Waals surface area (Å²) in [7, 11) is 0. The molecule has 0 amide bonds. The van der Waals surface area contributed by atoms with Gasteiger partial charge in [0.05, 0.1) is 0 Å². The lowest BCUT2D eigenvalue weighted by Gasteiger charge is -2.26. The highest BCUT2D eigenvalue weighted by atomic mass is 32.2. The van der Waals surface area contributed by atoms with E-state index in [-0.39, 0.29) is 22.9 Å². The van der Waals surface area contributed by atoms with Crippen molar-refractivity contribution in [2.45, 2.75) is 45.7 Å². The van der Waals surface area contributed by atoms with Crippen molar-refractivity contribution in [3.63, 3.8) is 0 Å². The first-order valence-corrected chi connectivity index (χ1v) is 6.05. The molecule has 1 nitrogen and oxygen atoms in total. The van der Waals surface area contributed by atoms with Crippen molar-refractivity contribution in [3.05, 3.63) is 0 Å². The van der Waals surface area contributed by atoms with E-state index in [1.807, 2.05) is 27.7 Å². The zero-order valence-electron chi connectivity index (χ0n) is 9.74. The Morgan fingerprint density at radius 3 is 2.13 bits per heavy atom. The van der Waals surface area contributed by atoms with Gasteiger partial charge in [-0.1, -0.05) is 39.5 Å². The molecule has 0 saturated heterocycles. The zero-order chi connectivity index (χ0) is 12.1. The minimum Gasteiger partial charge on any atom is -0.314 e. The summed E-state index contributed by atoms with van der Waals surface area (Å²) in [6, 6.07) is 0.375. The Bertz CT molecular complexity index is 178. The van der Waals surface area contributed by atoms with Gasteiger partial charge in [0.2, 0.25) is 0 Å². The van der Waals surface area contributed by atoms with Crippen LogP contribution in [0, 0.1) is 5.41 Å². The molecule has 92 valence electrons. The molecule has 0 heterocycles. The average molecular weight is 243 g/mol. The van der Waals surface area contributed by atoms with Gasteiger partial charge in [0, 0.05) is 18.3 Å². The summed E-state index contributed by atoms with van der Waals surface area (Å²) < 4.78 is 35.7. The number of nitrogens with one attached hydrogen (secondary N) is 1. The summed E-state index contributed by atoms with van der Waals surface area (Å²) in [5.74, 6) is 0.135. The van der Waals surface area contributed by atoms with E-state index in [1.165, 1.54) is 0 Å². The van der Waals surface area contributed by atoms with Crippen LogP contribution in [0.1, 0.15) is 34.1 Å². The van der Waals surface area contributed by atoms with Crippen molar-refractivity contribution in [2.75, 3.05) is 12.3 Å². The van der Waals surface area contributed by atoms with Gasteiger partial charge in [0.15, 0.2) is 0 Å². The molecule has 1 N–H and O–H groups in total. The third-order valence-electron chi connectivity index (χ3n) is 2.03. The Hall–Kier alpha value is 0.100. The molecule has 0 fully saturated rings. The summed E-state index contributed by atoms with van der Waals surface area (Å²) in [6.07, 6.45) is 0.566. The number of hydrogen-bond donors (Lipinski definition) is 1. The van der Waals surface area contributed by atoms with E-state index in [2.05, 4.69) is 5.32 Å². The van der Waals surface area contributed by atoms with Gasteiger partial charge < -0.3 is 5.32 Å². The standard InChI is InChI=1S/C10H20F3NS/c1-8(2)14-7-9(3,4)5-6-15-10(11,12)13/h8,14H,5-7H2,1-4H3. The van der Waals surface area contributed by atoms with E-state index in [9.17, 15) is 13.2 Å². The Kier molecular flexibility index (Phi) is 6.03. The molecular weight excluding hydrogens is 223 g/mol. The van der Waals surface area contributed by atoms with Crippen molar-refractivity contribution in [3.8, 4) is 0 Å². The summed E-state index contributed by atoms with van der Waals surface area (Å²) >= 11 is 0.0669. The van der Waals surface area contributed by atoms with E-state index in [4.69, 9.17) is 0 Å². The third kappa shape index (κ3) is 10.4. The summed E-state index contributed by atoms with van der Waals surface area (Å²) in [5, 5.41) is 3.24. The molecule has 5 heteroatoms. The number of hydrogen-bond acceptors (Lipinski definition) is 2. The normalized spacial score (nSPS) is 13.6. The van der Waals surface area contributed by atoms with Gasteiger partial charge in [-0.05, 0) is 11.8 Å². The number of halogens is 3. The van der Waals surface area contributed by atoms with Crippen LogP contribution in [0.2, 0.25) is 0 Å². The molecule has 0 aliphatic carbocycles. The number of thioether (sulfide) groups is 1. The minimum absolute atomic E-state index is 0.0669. The van der Waals surface area contributed by atoms with Crippen LogP contribution in [-0.4, -0.2) is 23.8 Å². The van der Waals surface area contributed by atoms with Crippen LogP contribution < -0.4 is 5.32 Å². The number of alkyl halides is 3. The average Bonchev–Trinajstić information content (AvgIpc) is 1.98. The Morgan fingerprint density at radius 1 is 1.20 bits per heavy atom. The molecule has 0 aromatic carbocycles. The summed E-state index contributed by atoms with van der Waals surface area (Å²) in [5.41, 5.74) is -4.18. The third-order valence-corrected chi connectivity index (χ3v) is 2.77. The highest BCUT2D eigenvalue weighted by Crippen LogP contribution is 2.33. The largest absolute Gasteiger partial charge is 0.441 e. The topological polar surface area (TPSA) is 12.0 Å². The smallest absolute Gasteiger partial charge is 0.314 e. The maximum Gasteiger partial charge on any atom is 0.441 e. The summed E-state index contributed by atoms with van der Waals surface area (Å²) in [4.78, 5) is 0. The van der Waals surface area contributed by atoms with Crippen LogP contribution in [0.15, 0.2) is 0 Å². The van der Waals surface area contributed by atoms with Crippen LogP contribution >= 0.6 is 11.8 Å². The lowest BCUT2D eigenvalue weighted by molar-refractivity contribution is -0.0328. The second-order valence-corrected chi connectivity index (χ2v) is 5.90. The summed E-state index contributed by atoms with van der Waals surface area (Å²) in [6.45, 7) is 8.78. The molecule has 15 heavy (non-hydrogen) atoms. The molecule has 0 aromatic rings. The van der Waals surface area contributed by atoms with Gasteiger partial charge in [-0.2, -0.15) is 13.2 Å². The van der Waals surface area contributed by atoms with E-state index < -0.39 is 5.51 Å². The van der Waals surface area contributed by atoms with Crippen LogP contribution in [-0.2, 0) is 0 Å². The van der Waals surface area contributed by atoms with Crippen molar-refractivity contribution >= 4 is 11.8 Å². The van der Waals surface area contributed by atoms with E-state index in [1.54, 1.807) is 0 Å². The maximum absolute atomic E-state index is 11.9. The molecule has 0 saturated carbocycles. The first kappa shape index (κ1) is 15.1. The van der Waals surface area contributed by atoms with Crippen molar-refractivity contribution in [2.24, 2.45) is 5.41 Å². The second kappa shape index (κ2) is 5.99. The van der Waals surface area contributed by atoms with E-state index in [0.717, 1.165) is 6.54 Å². The molecule has 0 atom stereocenters. The van der Waals surface area contributed by atoms with E-state index >= 15 is 0 Å². The molecular formula is C10H20F3NS. The first-order chi connectivity index (χ1) is 6.62. The fraction of sp³-hybridized carbons (Fsp3) is 1.00. The van der Waals surface area contributed by atoms with Gasteiger partial charge >= 0.3 is 5.51 Å². The first-order valence-electron chi connectivity index (χ1n) is 5.06. The molecule has 0 spiro atoms. The van der Waals surface area contributed by atoms with Gasteiger partial charge in [0.25, 0.3) is 0 Å². The minimum atomic E-state index is -4.10. The molecule has 0 bridgehead atoms. The van der Waals surface area contributed by atoms with Gasteiger partial charge in [-0.15, -0.1) is 0 Å². The van der Waals surface area contributed by atoms with Crippen molar-refractivity contribution in [1.29, 1.82) is 0 Å². The second-order valence-electron chi connectivity index (χ2n) is 4.74.